The molecule has 0 aromatic heterocycles. The summed E-state index contributed by atoms with van der Waals surface area (Å²) in [5.41, 5.74) is 2.63. The van der Waals surface area contributed by atoms with Crippen LogP contribution >= 0.6 is 11.6 Å². The van der Waals surface area contributed by atoms with Gasteiger partial charge in [0, 0.05) is 30.3 Å². The average molecular weight is 281 g/mol. The van der Waals surface area contributed by atoms with Crippen molar-refractivity contribution in [2.24, 2.45) is 5.92 Å². The van der Waals surface area contributed by atoms with Gasteiger partial charge in [-0.3, -0.25) is 0 Å². The van der Waals surface area contributed by atoms with Crippen molar-refractivity contribution in [2.75, 3.05) is 18.5 Å². The highest BCUT2D eigenvalue weighted by atomic mass is 35.5. The summed E-state index contributed by atoms with van der Waals surface area (Å²) in [6.07, 6.45) is 4.00. The zero-order valence-electron chi connectivity index (χ0n) is 12.2. The Bertz CT molecular complexity index is 413. The third-order valence-corrected chi connectivity index (χ3v) is 4.15. The molecule has 0 saturated heterocycles. The van der Waals surface area contributed by atoms with Gasteiger partial charge >= 0.3 is 0 Å². The topological polar surface area (TPSA) is 15.3 Å². The Balaban J connectivity index is 2.07. The Morgan fingerprint density at radius 2 is 2.11 bits per heavy atom. The number of anilines is 1. The number of hydrogen-bond donors (Lipinski definition) is 1. The molecule has 19 heavy (non-hydrogen) atoms. The largest absolute Gasteiger partial charge is 0.371 e. The number of benzene rings is 1. The molecule has 0 radical (unpaired) electrons. The minimum Gasteiger partial charge on any atom is -0.371 e. The molecule has 106 valence electrons. The normalized spacial score (nSPS) is 15.6. The van der Waals surface area contributed by atoms with Crippen molar-refractivity contribution >= 4 is 17.3 Å². The second-order valence-corrected chi connectivity index (χ2v) is 6.43. The van der Waals surface area contributed by atoms with Crippen molar-refractivity contribution in [2.45, 2.75) is 45.7 Å². The fourth-order valence-electron chi connectivity index (χ4n) is 2.51. The Labute approximate surface area is 122 Å². The molecule has 2 rings (SSSR count). The zero-order valence-corrected chi connectivity index (χ0v) is 13.0. The lowest BCUT2D eigenvalue weighted by Gasteiger charge is -2.37. The predicted molar refractivity (Wildman–Crippen MR) is 84.0 cm³/mol. The summed E-state index contributed by atoms with van der Waals surface area (Å²) in [4.78, 5) is 2.42. The molecule has 0 aliphatic heterocycles. The summed E-state index contributed by atoms with van der Waals surface area (Å²) in [6, 6.07) is 6.97. The smallest absolute Gasteiger partial charge is 0.0412 e. The number of nitrogens with one attached hydrogen (secondary N) is 1. The molecule has 3 heteroatoms. The predicted octanol–water partition coefficient (Wildman–Crippen LogP) is 4.07. The van der Waals surface area contributed by atoms with Gasteiger partial charge in [-0.15, -0.1) is 0 Å². The number of halogens is 1. The van der Waals surface area contributed by atoms with Crippen LogP contribution in [0.3, 0.4) is 0 Å². The van der Waals surface area contributed by atoms with E-state index in [1.807, 2.05) is 6.07 Å². The lowest BCUT2D eigenvalue weighted by molar-refractivity contribution is 0.400. The minimum atomic E-state index is 0.673. The van der Waals surface area contributed by atoms with E-state index in [1.165, 1.54) is 30.5 Å². The van der Waals surface area contributed by atoms with Crippen LogP contribution in [0.5, 0.6) is 0 Å². The van der Waals surface area contributed by atoms with Gasteiger partial charge in [0.2, 0.25) is 0 Å². The molecular weight excluding hydrogens is 256 g/mol. The maximum absolute atomic E-state index is 6.14. The second-order valence-electron chi connectivity index (χ2n) is 5.99. The highest BCUT2D eigenvalue weighted by Crippen LogP contribution is 2.31. The standard InChI is InChI=1S/C16H25ClN2/c1-12(2)10-18-11-13-9-14(17)7-8-16(13)19(3)15-5-4-6-15/h7-9,12,15,18H,4-6,10-11H2,1-3H3. The number of nitrogens with zero attached hydrogens (tertiary/aromatic N) is 1. The van der Waals surface area contributed by atoms with E-state index < -0.39 is 0 Å². The van der Waals surface area contributed by atoms with Gasteiger partial charge in [0.25, 0.3) is 0 Å². The fraction of sp³-hybridized carbons (Fsp3) is 0.625. The summed E-state index contributed by atoms with van der Waals surface area (Å²) < 4.78 is 0. The minimum absolute atomic E-state index is 0.673. The Kier molecular flexibility index (Phi) is 5.12. The van der Waals surface area contributed by atoms with E-state index in [1.54, 1.807) is 0 Å². The van der Waals surface area contributed by atoms with Gasteiger partial charge in [-0.05, 0) is 55.5 Å². The van der Waals surface area contributed by atoms with Gasteiger partial charge in [0.1, 0.15) is 0 Å². The monoisotopic (exact) mass is 280 g/mol. The van der Waals surface area contributed by atoms with E-state index in [0.29, 0.717) is 12.0 Å². The van der Waals surface area contributed by atoms with Crippen LogP contribution in [-0.4, -0.2) is 19.6 Å². The lowest BCUT2D eigenvalue weighted by Crippen LogP contribution is -2.38. The third-order valence-electron chi connectivity index (χ3n) is 3.91. The molecule has 1 aliphatic carbocycles. The van der Waals surface area contributed by atoms with Gasteiger partial charge < -0.3 is 10.2 Å². The van der Waals surface area contributed by atoms with Crippen LogP contribution in [0, 0.1) is 5.92 Å². The van der Waals surface area contributed by atoms with Gasteiger partial charge in [-0.2, -0.15) is 0 Å². The maximum Gasteiger partial charge on any atom is 0.0412 e. The van der Waals surface area contributed by atoms with Gasteiger partial charge in [-0.1, -0.05) is 25.4 Å². The molecule has 0 unspecified atom stereocenters. The summed E-state index contributed by atoms with van der Waals surface area (Å²) >= 11 is 6.14. The molecule has 1 aromatic carbocycles. The second kappa shape index (κ2) is 6.62. The van der Waals surface area contributed by atoms with Crippen molar-refractivity contribution < 1.29 is 0 Å². The van der Waals surface area contributed by atoms with E-state index in [-0.39, 0.29) is 0 Å². The highest BCUT2D eigenvalue weighted by molar-refractivity contribution is 6.30. The van der Waals surface area contributed by atoms with E-state index in [2.05, 4.69) is 43.2 Å². The van der Waals surface area contributed by atoms with Crippen molar-refractivity contribution in [3.63, 3.8) is 0 Å². The third kappa shape index (κ3) is 3.87. The first-order chi connectivity index (χ1) is 9.08. The number of rotatable bonds is 6. The molecule has 1 aromatic rings. The molecule has 2 nitrogen and oxygen atoms in total. The van der Waals surface area contributed by atoms with Crippen molar-refractivity contribution in [3.05, 3.63) is 28.8 Å². The summed E-state index contributed by atoms with van der Waals surface area (Å²) in [6.45, 7) is 6.39. The molecular formula is C16H25ClN2. The van der Waals surface area contributed by atoms with E-state index in [0.717, 1.165) is 18.1 Å². The van der Waals surface area contributed by atoms with Crippen LogP contribution in [0.4, 0.5) is 5.69 Å². The molecule has 0 heterocycles. The van der Waals surface area contributed by atoms with Gasteiger partial charge in [0.15, 0.2) is 0 Å². The first-order valence-electron chi connectivity index (χ1n) is 7.30. The quantitative estimate of drug-likeness (QED) is 0.845. The Morgan fingerprint density at radius 3 is 2.68 bits per heavy atom. The molecule has 0 spiro atoms. The van der Waals surface area contributed by atoms with Crippen LogP contribution < -0.4 is 10.2 Å². The van der Waals surface area contributed by atoms with E-state index >= 15 is 0 Å². The first kappa shape index (κ1) is 14.7. The van der Waals surface area contributed by atoms with Crippen LogP contribution in [0.25, 0.3) is 0 Å². The average Bonchev–Trinajstić information content (AvgIpc) is 2.26. The molecule has 1 saturated carbocycles. The van der Waals surface area contributed by atoms with Crippen LogP contribution in [0.15, 0.2) is 18.2 Å². The van der Waals surface area contributed by atoms with Gasteiger partial charge in [0.05, 0.1) is 0 Å². The van der Waals surface area contributed by atoms with Crippen molar-refractivity contribution in [1.29, 1.82) is 0 Å². The van der Waals surface area contributed by atoms with Crippen molar-refractivity contribution in [1.82, 2.24) is 5.32 Å². The Hall–Kier alpha value is -0.730. The Morgan fingerprint density at radius 1 is 1.37 bits per heavy atom. The van der Waals surface area contributed by atoms with E-state index in [9.17, 15) is 0 Å². The zero-order chi connectivity index (χ0) is 13.8. The van der Waals surface area contributed by atoms with Crippen LogP contribution in [-0.2, 0) is 6.54 Å². The fourth-order valence-corrected chi connectivity index (χ4v) is 2.70. The van der Waals surface area contributed by atoms with Crippen molar-refractivity contribution in [3.8, 4) is 0 Å². The summed E-state index contributed by atoms with van der Waals surface area (Å²) in [5, 5.41) is 4.34. The summed E-state index contributed by atoms with van der Waals surface area (Å²) in [5.74, 6) is 0.673. The molecule has 1 fully saturated rings. The SMILES string of the molecule is CC(C)CNCc1cc(Cl)ccc1N(C)C1CCC1. The number of hydrogen-bond acceptors (Lipinski definition) is 2. The van der Waals surface area contributed by atoms with Crippen LogP contribution in [0.2, 0.25) is 5.02 Å². The summed E-state index contributed by atoms with van der Waals surface area (Å²) in [7, 11) is 2.21. The van der Waals surface area contributed by atoms with Gasteiger partial charge in [-0.25, -0.2) is 0 Å². The van der Waals surface area contributed by atoms with Crippen LogP contribution in [0.1, 0.15) is 38.7 Å². The molecule has 0 bridgehead atoms. The lowest BCUT2D eigenvalue weighted by atomic mass is 9.91. The maximum atomic E-state index is 6.14. The molecule has 1 aliphatic rings. The van der Waals surface area contributed by atoms with E-state index in [4.69, 9.17) is 11.6 Å². The highest BCUT2D eigenvalue weighted by Gasteiger charge is 2.23. The molecule has 1 N–H and O–H groups in total. The first-order valence-corrected chi connectivity index (χ1v) is 7.67. The molecule has 0 atom stereocenters. The molecule has 0 amide bonds.